The van der Waals surface area contributed by atoms with Crippen LogP contribution in [-0.2, 0) is 6.54 Å². The molecule has 0 atom stereocenters. The lowest BCUT2D eigenvalue weighted by molar-refractivity contribution is 0.0690. The average Bonchev–Trinajstić information content (AvgIpc) is 2.82. The van der Waals surface area contributed by atoms with Crippen LogP contribution in [0.25, 0.3) is 10.9 Å². The van der Waals surface area contributed by atoms with Crippen LogP contribution in [0.1, 0.15) is 28.7 Å². The number of rotatable bonds is 5. The highest BCUT2D eigenvalue weighted by Crippen LogP contribution is 2.38. The summed E-state index contributed by atoms with van der Waals surface area (Å²) in [5, 5.41) is 12.3. The van der Waals surface area contributed by atoms with Gasteiger partial charge >= 0.3 is 12.0 Å². The average molecular weight is 465 g/mol. The Morgan fingerprint density at radius 2 is 1.97 bits per heavy atom. The summed E-state index contributed by atoms with van der Waals surface area (Å²) in [5.74, 6) is -1.09. The maximum atomic E-state index is 15.5. The van der Waals surface area contributed by atoms with Gasteiger partial charge in [-0.3, -0.25) is 9.80 Å². The third-order valence-electron chi connectivity index (χ3n) is 6.35. The van der Waals surface area contributed by atoms with Crippen LogP contribution < -0.4 is 15.1 Å². The Morgan fingerprint density at radius 1 is 1.21 bits per heavy atom. The number of pyridine rings is 1. The predicted octanol–water partition coefficient (Wildman–Crippen LogP) is 2.86. The Balaban J connectivity index is 1.35. The first kappa shape index (κ1) is 22.0. The molecule has 0 unspecified atom stereocenters. The lowest BCUT2D eigenvalue weighted by atomic mass is 10.1. The fourth-order valence-electron chi connectivity index (χ4n) is 4.63. The number of aromatic nitrogens is 3. The summed E-state index contributed by atoms with van der Waals surface area (Å²) in [5.41, 5.74) is 2.79. The summed E-state index contributed by atoms with van der Waals surface area (Å²) in [6, 6.07) is 4.62. The largest absolute Gasteiger partial charge is 0.477 e. The SMILES string of the molecule is CCN1C(=O)Nc2c(F)c(CN3CCN(c4ccc(C(=O)O)nc4C)CC3)cc3ncnc1c23. The van der Waals surface area contributed by atoms with E-state index >= 15 is 4.39 Å². The van der Waals surface area contributed by atoms with Gasteiger partial charge in [-0.05, 0) is 32.0 Å². The van der Waals surface area contributed by atoms with Crippen molar-refractivity contribution in [2.24, 2.45) is 0 Å². The molecule has 2 amide bonds. The van der Waals surface area contributed by atoms with Crippen molar-refractivity contribution in [2.45, 2.75) is 20.4 Å². The highest BCUT2D eigenvalue weighted by molar-refractivity contribution is 6.17. The van der Waals surface area contributed by atoms with E-state index in [4.69, 9.17) is 5.11 Å². The molecule has 1 aromatic carbocycles. The molecule has 0 radical (unpaired) electrons. The first-order valence-electron chi connectivity index (χ1n) is 11.1. The molecule has 11 heteroatoms. The molecule has 2 aromatic heterocycles. The first-order chi connectivity index (χ1) is 16.4. The monoisotopic (exact) mass is 465 g/mol. The van der Waals surface area contributed by atoms with Crippen LogP contribution in [0.15, 0.2) is 24.5 Å². The fraction of sp³-hybridized carbons (Fsp3) is 0.348. The molecule has 10 nitrogen and oxygen atoms in total. The Kier molecular flexibility index (Phi) is 5.48. The number of anilines is 3. The number of carbonyl (C=O) groups is 2. The number of carboxylic acid groups (broad SMARTS) is 1. The van der Waals surface area contributed by atoms with Gasteiger partial charge in [-0.15, -0.1) is 0 Å². The molecule has 176 valence electrons. The Morgan fingerprint density at radius 3 is 2.65 bits per heavy atom. The van der Waals surface area contributed by atoms with E-state index in [1.807, 2.05) is 6.92 Å². The van der Waals surface area contributed by atoms with Gasteiger partial charge in [0.15, 0.2) is 5.82 Å². The Labute approximate surface area is 195 Å². The van der Waals surface area contributed by atoms with Gasteiger partial charge in [0, 0.05) is 44.8 Å². The molecule has 4 heterocycles. The number of piperazine rings is 1. The molecule has 5 rings (SSSR count). The van der Waals surface area contributed by atoms with Crippen molar-refractivity contribution in [3.8, 4) is 0 Å². The summed E-state index contributed by atoms with van der Waals surface area (Å²) in [6.45, 7) is 7.21. The van der Waals surface area contributed by atoms with Crippen LogP contribution in [-0.4, -0.2) is 69.7 Å². The molecule has 34 heavy (non-hydrogen) atoms. The van der Waals surface area contributed by atoms with E-state index in [0.29, 0.717) is 67.2 Å². The van der Waals surface area contributed by atoms with E-state index in [1.165, 1.54) is 17.3 Å². The number of hydrogen-bond acceptors (Lipinski definition) is 7. The summed E-state index contributed by atoms with van der Waals surface area (Å²) < 4.78 is 15.5. The molecule has 3 aromatic rings. The number of aromatic carboxylic acids is 1. The van der Waals surface area contributed by atoms with Gasteiger partial charge in [-0.25, -0.2) is 28.9 Å². The molecule has 0 aliphatic carbocycles. The van der Waals surface area contributed by atoms with Crippen molar-refractivity contribution in [1.82, 2.24) is 19.9 Å². The van der Waals surface area contributed by atoms with Crippen molar-refractivity contribution >= 4 is 40.1 Å². The minimum Gasteiger partial charge on any atom is -0.477 e. The smallest absolute Gasteiger partial charge is 0.354 e. The second kappa shape index (κ2) is 8.49. The molecular formula is C23H24FN7O3. The maximum absolute atomic E-state index is 15.5. The van der Waals surface area contributed by atoms with Crippen LogP contribution in [0.4, 0.5) is 26.4 Å². The summed E-state index contributed by atoms with van der Waals surface area (Å²) in [4.78, 5) is 42.1. The zero-order chi connectivity index (χ0) is 24.0. The molecule has 2 aliphatic rings. The number of benzene rings is 1. The standard InChI is InChI=1S/C23H24FN7O3/c1-3-31-21-18-16(25-12-26-21)10-14(19(24)20(18)28-23(31)34)11-29-6-8-30(9-7-29)17-5-4-15(22(32)33)27-13(17)2/h4-5,10,12H,3,6-9,11H2,1-2H3,(H,28,34)(H,32,33). The number of carboxylic acids is 1. The molecule has 2 aliphatic heterocycles. The first-order valence-corrected chi connectivity index (χ1v) is 11.1. The van der Waals surface area contributed by atoms with Crippen LogP contribution >= 0.6 is 0 Å². The molecule has 1 saturated heterocycles. The van der Waals surface area contributed by atoms with Gasteiger partial charge in [-0.1, -0.05) is 0 Å². The number of carbonyl (C=O) groups excluding carboxylic acids is 1. The molecule has 2 N–H and O–H groups in total. The van der Waals surface area contributed by atoms with E-state index in [1.54, 1.807) is 19.1 Å². The van der Waals surface area contributed by atoms with E-state index in [-0.39, 0.29) is 11.4 Å². The number of hydrogen-bond donors (Lipinski definition) is 2. The molecule has 0 saturated carbocycles. The minimum atomic E-state index is -1.05. The van der Waals surface area contributed by atoms with Gasteiger partial charge in [0.1, 0.15) is 17.8 Å². The summed E-state index contributed by atoms with van der Waals surface area (Å²) in [7, 11) is 0. The lowest BCUT2D eigenvalue weighted by Crippen LogP contribution is -2.46. The minimum absolute atomic E-state index is 0.0248. The molecular weight excluding hydrogens is 441 g/mol. The topological polar surface area (TPSA) is 115 Å². The molecule has 1 fully saturated rings. The third kappa shape index (κ3) is 3.67. The van der Waals surface area contributed by atoms with E-state index in [2.05, 4.69) is 30.1 Å². The second-order valence-corrected chi connectivity index (χ2v) is 8.36. The highest BCUT2D eigenvalue weighted by Gasteiger charge is 2.30. The fourth-order valence-corrected chi connectivity index (χ4v) is 4.63. The number of urea groups is 1. The number of halogens is 1. The van der Waals surface area contributed by atoms with Gasteiger partial charge in [0.25, 0.3) is 0 Å². The van der Waals surface area contributed by atoms with Crippen LogP contribution in [0.5, 0.6) is 0 Å². The Bertz CT molecular complexity index is 1310. The lowest BCUT2D eigenvalue weighted by Gasteiger charge is -2.37. The molecule has 0 bridgehead atoms. The zero-order valence-corrected chi connectivity index (χ0v) is 18.9. The number of aryl methyl sites for hydroxylation is 1. The highest BCUT2D eigenvalue weighted by atomic mass is 19.1. The zero-order valence-electron chi connectivity index (χ0n) is 18.9. The summed E-state index contributed by atoms with van der Waals surface area (Å²) in [6.07, 6.45) is 1.40. The Hall–Kier alpha value is -3.86. The van der Waals surface area contributed by atoms with Gasteiger partial charge < -0.3 is 15.3 Å². The van der Waals surface area contributed by atoms with Crippen LogP contribution in [0.3, 0.4) is 0 Å². The second-order valence-electron chi connectivity index (χ2n) is 8.36. The van der Waals surface area contributed by atoms with E-state index in [9.17, 15) is 9.59 Å². The summed E-state index contributed by atoms with van der Waals surface area (Å²) >= 11 is 0. The van der Waals surface area contributed by atoms with Gasteiger partial charge in [0.2, 0.25) is 0 Å². The normalized spacial score (nSPS) is 16.1. The number of nitrogens with zero attached hydrogens (tertiary/aromatic N) is 6. The van der Waals surface area contributed by atoms with Crippen molar-refractivity contribution in [2.75, 3.05) is 47.8 Å². The third-order valence-corrected chi connectivity index (χ3v) is 6.35. The maximum Gasteiger partial charge on any atom is 0.354 e. The predicted molar refractivity (Wildman–Crippen MR) is 125 cm³/mol. The van der Waals surface area contributed by atoms with Crippen LogP contribution in [0, 0.1) is 12.7 Å². The number of nitrogens with one attached hydrogen (secondary N) is 1. The van der Waals surface area contributed by atoms with Gasteiger partial charge in [0.05, 0.1) is 28.0 Å². The van der Waals surface area contributed by atoms with Crippen LogP contribution in [0.2, 0.25) is 0 Å². The van der Waals surface area contributed by atoms with E-state index in [0.717, 1.165) is 5.69 Å². The van der Waals surface area contributed by atoms with Crippen molar-refractivity contribution in [3.63, 3.8) is 0 Å². The van der Waals surface area contributed by atoms with Crippen molar-refractivity contribution in [3.05, 3.63) is 47.3 Å². The van der Waals surface area contributed by atoms with Gasteiger partial charge in [-0.2, -0.15) is 0 Å². The van der Waals surface area contributed by atoms with Crippen molar-refractivity contribution in [1.29, 1.82) is 0 Å². The quantitative estimate of drug-likeness (QED) is 0.591. The van der Waals surface area contributed by atoms with E-state index < -0.39 is 17.8 Å². The van der Waals surface area contributed by atoms with Crippen molar-refractivity contribution < 1.29 is 19.1 Å². The molecule has 0 spiro atoms. The number of amides is 2.